The van der Waals surface area contributed by atoms with Gasteiger partial charge in [-0.05, 0) is 37.1 Å². The van der Waals surface area contributed by atoms with Crippen LogP contribution in [0, 0.1) is 13.8 Å². The summed E-state index contributed by atoms with van der Waals surface area (Å²) in [4.78, 5) is 2.43. The number of benzene rings is 1. The summed E-state index contributed by atoms with van der Waals surface area (Å²) >= 11 is 0. The average Bonchev–Trinajstić information content (AvgIpc) is 2.47. The Hall–Kier alpha value is -1.10. The number of hydrogen-bond donors (Lipinski definition) is 1. The van der Waals surface area contributed by atoms with E-state index in [1.54, 1.807) is 0 Å². The monoisotopic (exact) mass is 278 g/mol. The van der Waals surface area contributed by atoms with E-state index in [0.29, 0.717) is 13.2 Å². The van der Waals surface area contributed by atoms with Crippen LogP contribution in [-0.4, -0.2) is 57.4 Å². The molecule has 1 saturated heterocycles. The standard InChI is InChI=1S/C16H26N2O2/c1-14-3-4-16(13-15(14)2)20-12-11-19-10-9-18-7-5-17-6-8-18/h3-4,13,17H,5-12H2,1-2H3. The first-order valence-electron chi connectivity index (χ1n) is 7.46. The minimum Gasteiger partial charge on any atom is -0.491 e. The Balaban J connectivity index is 1.53. The van der Waals surface area contributed by atoms with E-state index in [4.69, 9.17) is 9.47 Å². The zero-order chi connectivity index (χ0) is 14.2. The first-order valence-corrected chi connectivity index (χ1v) is 7.46. The number of nitrogens with zero attached hydrogens (tertiary/aromatic N) is 1. The van der Waals surface area contributed by atoms with Crippen LogP contribution in [-0.2, 0) is 4.74 Å². The maximum Gasteiger partial charge on any atom is 0.119 e. The molecule has 0 atom stereocenters. The topological polar surface area (TPSA) is 33.7 Å². The highest BCUT2D eigenvalue weighted by Crippen LogP contribution is 2.16. The van der Waals surface area contributed by atoms with Gasteiger partial charge < -0.3 is 14.8 Å². The molecule has 0 spiro atoms. The van der Waals surface area contributed by atoms with Gasteiger partial charge in [-0.15, -0.1) is 0 Å². The highest BCUT2D eigenvalue weighted by Gasteiger charge is 2.08. The fourth-order valence-corrected chi connectivity index (χ4v) is 2.25. The van der Waals surface area contributed by atoms with Crippen molar-refractivity contribution in [2.75, 3.05) is 52.5 Å². The van der Waals surface area contributed by atoms with E-state index in [-0.39, 0.29) is 0 Å². The lowest BCUT2D eigenvalue weighted by atomic mass is 10.1. The lowest BCUT2D eigenvalue weighted by Gasteiger charge is -2.26. The van der Waals surface area contributed by atoms with Gasteiger partial charge in [-0.2, -0.15) is 0 Å². The van der Waals surface area contributed by atoms with Crippen LogP contribution in [0.1, 0.15) is 11.1 Å². The molecule has 112 valence electrons. The van der Waals surface area contributed by atoms with Crippen LogP contribution < -0.4 is 10.1 Å². The molecule has 4 nitrogen and oxygen atoms in total. The van der Waals surface area contributed by atoms with Crippen LogP contribution >= 0.6 is 0 Å². The van der Waals surface area contributed by atoms with Crippen molar-refractivity contribution in [2.45, 2.75) is 13.8 Å². The van der Waals surface area contributed by atoms with Crippen molar-refractivity contribution in [3.05, 3.63) is 29.3 Å². The molecule has 1 aromatic carbocycles. The van der Waals surface area contributed by atoms with Gasteiger partial charge in [0.05, 0.1) is 13.2 Å². The van der Waals surface area contributed by atoms with E-state index in [0.717, 1.165) is 45.1 Å². The number of rotatable bonds is 7. The predicted octanol–water partition coefficient (Wildman–Crippen LogP) is 1.60. The summed E-state index contributed by atoms with van der Waals surface area (Å²) in [5.74, 6) is 0.929. The summed E-state index contributed by atoms with van der Waals surface area (Å²) in [5.41, 5.74) is 2.56. The van der Waals surface area contributed by atoms with Crippen LogP contribution in [0.15, 0.2) is 18.2 Å². The summed E-state index contributed by atoms with van der Waals surface area (Å²) in [6, 6.07) is 6.19. The molecule has 1 N–H and O–H groups in total. The van der Waals surface area contributed by atoms with Crippen molar-refractivity contribution >= 4 is 0 Å². The summed E-state index contributed by atoms with van der Waals surface area (Å²) in [5, 5.41) is 3.35. The maximum absolute atomic E-state index is 5.69. The second-order valence-electron chi connectivity index (χ2n) is 5.30. The number of ether oxygens (including phenoxy) is 2. The summed E-state index contributed by atoms with van der Waals surface area (Å²) in [6.45, 7) is 11.7. The second kappa shape index (κ2) is 8.25. The highest BCUT2D eigenvalue weighted by atomic mass is 16.5. The van der Waals surface area contributed by atoms with E-state index in [1.165, 1.54) is 11.1 Å². The van der Waals surface area contributed by atoms with Crippen LogP contribution in [0.2, 0.25) is 0 Å². The van der Waals surface area contributed by atoms with E-state index in [1.807, 2.05) is 6.07 Å². The Labute approximate surface area is 122 Å². The van der Waals surface area contributed by atoms with Gasteiger partial charge in [0.2, 0.25) is 0 Å². The van der Waals surface area contributed by atoms with Crippen LogP contribution in [0.25, 0.3) is 0 Å². The first-order chi connectivity index (χ1) is 9.75. The Kier molecular flexibility index (Phi) is 6.30. The molecule has 0 aliphatic carbocycles. The van der Waals surface area contributed by atoms with E-state index < -0.39 is 0 Å². The van der Waals surface area contributed by atoms with Crippen LogP contribution in [0.4, 0.5) is 0 Å². The van der Waals surface area contributed by atoms with Crippen molar-refractivity contribution in [1.82, 2.24) is 10.2 Å². The molecule has 0 amide bonds. The fraction of sp³-hybridized carbons (Fsp3) is 0.625. The number of hydrogen-bond acceptors (Lipinski definition) is 4. The molecule has 0 aromatic heterocycles. The third kappa shape index (κ3) is 5.12. The van der Waals surface area contributed by atoms with E-state index >= 15 is 0 Å². The third-order valence-electron chi connectivity index (χ3n) is 3.74. The molecule has 1 heterocycles. The molecule has 1 fully saturated rings. The third-order valence-corrected chi connectivity index (χ3v) is 3.74. The van der Waals surface area contributed by atoms with Gasteiger partial charge in [-0.3, -0.25) is 4.90 Å². The van der Waals surface area contributed by atoms with Gasteiger partial charge in [0.1, 0.15) is 12.4 Å². The Morgan fingerprint density at radius 2 is 1.85 bits per heavy atom. The van der Waals surface area contributed by atoms with Crippen molar-refractivity contribution in [1.29, 1.82) is 0 Å². The molecule has 0 radical (unpaired) electrons. The minimum atomic E-state index is 0.615. The lowest BCUT2D eigenvalue weighted by molar-refractivity contribution is 0.0767. The lowest BCUT2D eigenvalue weighted by Crippen LogP contribution is -2.44. The average molecular weight is 278 g/mol. The van der Waals surface area contributed by atoms with Crippen LogP contribution in [0.3, 0.4) is 0 Å². The second-order valence-corrected chi connectivity index (χ2v) is 5.30. The smallest absolute Gasteiger partial charge is 0.119 e. The molecule has 2 rings (SSSR count). The molecule has 1 aliphatic heterocycles. The molecule has 0 unspecified atom stereocenters. The summed E-state index contributed by atoms with van der Waals surface area (Å²) in [7, 11) is 0. The van der Waals surface area contributed by atoms with Gasteiger partial charge in [-0.1, -0.05) is 6.07 Å². The predicted molar refractivity (Wildman–Crippen MR) is 81.5 cm³/mol. The highest BCUT2D eigenvalue weighted by molar-refractivity contribution is 5.33. The Morgan fingerprint density at radius 1 is 1.05 bits per heavy atom. The molecule has 4 heteroatoms. The molecule has 1 aromatic rings. The maximum atomic E-state index is 5.69. The van der Waals surface area contributed by atoms with Crippen molar-refractivity contribution in [3.63, 3.8) is 0 Å². The molecule has 20 heavy (non-hydrogen) atoms. The summed E-state index contributed by atoms with van der Waals surface area (Å²) in [6.07, 6.45) is 0. The van der Waals surface area contributed by atoms with Gasteiger partial charge in [0, 0.05) is 32.7 Å². The normalized spacial score (nSPS) is 16.3. The zero-order valence-electron chi connectivity index (χ0n) is 12.7. The van der Waals surface area contributed by atoms with Gasteiger partial charge in [0.25, 0.3) is 0 Å². The largest absolute Gasteiger partial charge is 0.491 e. The molecule has 0 bridgehead atoms. The first kappa shape index (κ1) is 15.3. The van der Waals surface area contributed by atoms with Crippen molar-refractivity contribution < 1.29 is 9.47 Å². The molecular weight excluding hydrogens is 252 g/mol. The fourth-order valence-electron chi connectivity index (χ4n) is 2.25. The Bertz CT molecular complexity index is 403. The number of aryl methyl sites for hydroxylation is 2. The minimum absolute atomic E-state index is 0.615. The SMILES string of the molecule is Cc1ccc(OCCOCCN2CCNCC2)cc1C. The Morgan fingerprint density at radius 3 is 2.60 bits per heavy atom. The zero-order valence-corrected chi connectivity index (χ0v) is 12.7. The number of nitrogens with one attached hydrogen (secondary N) is 1. The van der Waals surface area contributed by atoms with Gasteiger partial charge in [0.15, 0.2) is 0 Å². The van der Waals surface area contributed by atoms with Crippen molar-refractivity contribution in [2.24, 2.45) is 0 Å². The molecule has 1 aliphatic rings. The number of piperazine rings is 1. The van der Waals surface area contributed by atoms with Crippen molar-refractivity contribution in [3.8, 4) is 5.75 Å². The van der Waals surface area contributed by atoms with E-state index in [2.05, 4.69) is 36.2 Å². The molecule has 0 saturated carbocycles. The van der Waals surface area contributed by atoms with E-state index in [9.17, 15) is 0 Å². The quantitative estimate of drug-likeness (QED) is 0.768. The molecular formula is C16H26N2O2. The van der Waals surface area contributed by atoms with Crippen LogP contribution in [0.5, 0.6) is 5.75 Å². The van der Waals surface area contributed by atoms with Gasteiger partial charge in [-0.25, -0.2) is 0 Å². The summed E-state index contributed by atoms with van der Waals surface area (Å²) < 4.78 is 11.3. The van der Waals surface area contributed by atoms with Gasteiger partial charge >= 0.3 is 0 Å².